The summed E-state index contributed by atoms with van der Waals surface area (Å²) < 4.78 is 0. The predicted octanol–water partition coefficient (Wildman–Crippen LogP) is 2.92. The van der Waals surface area contributed by atoms with Crippen LogP contribution in [0.5, 0.6) is 5.75 Å². The van der Waals surface area contributed by atoms with Crippen LogP contribution in [0.25, 0.3) is 0 Å². The molecule has 0 spiro atoms. The summed E-state index contributed by atoms with van der Waals surface area (Å²) in [4.78, 5) is 7.04. The molecule has 0 unspecified atom stereocenters. The molecule has 0 radical (unpaired) electrons. The largest absolute Gasteiger partial charge is 0.508 e. The second-order valence-electron chi connectivity index (χ2n) is 5.78. The molecule has 0 bridgehead atoms. The van der Waals surface area contributed by atoms with Crippen molar-refractivity contribution < 1.29 is 5.11 Å². The molecule has 1 aliphatic rings. The molecule has 0 saturated carbocycles. The second kappa shape index (κ2) is 7.18. The van der Waals surface area contributed by atoms with Gasteiger partial charge in [-0.15, -0.1) is 0 Å². The number of fused-ring (bicyclic) bond motifs is 1. The molecule has 0 atom stereocenters. The fourth-order valence-corrected chi connectivity index (χ4v) is 2.92. The monoisotopic (exact) mass is 309 g/mol. The van der Waals surface area contributed by atoms with Crippen LogP contribution in [0.1, 0.15) is 23.6 Å². The van der Waals surface area contributed by atoms with Gasteiger partial charge in [0.25, 0.3) is 0 Å². The smallest absolute Gasteiger partial charge is 0.194 e. The molecule has 1 aliphatic heterocycles. The van der Waals surface area contributed by atoms with Gasteiger partial charge in [0.1, 0.15) is 5.75 Å². The fraction of sp³-hybridized carbons (Fsp3) is 0.316. The van der Waals surface area contributed by atoms with Crippen LogP contribution in [0.4, 0.5) is 0 Å². The highest BCUT2D eigenvalue weighted by atomic mass is 16.3. The number of hydrogen-bond acceptors (Lipinski definition) is 2. The summed E-state index contributed by atoms with van der Waals surface area (Å²) in [6, 6.07) is 15.9. The minimum Gasteiger partial charge on any atom is -0.508 e. The van der Waals surface area contributed by atoms with E-state index >= 15 is 0 Å². The van der Waals surface area contributed by atoms with Crippen LogP contribution < -0.4 is 5.32 Å². The Morgan fingerprint density at radius 3 is 2.78 bits per heavy atom. The van der Waals surface area contributed by atoms with Crippen LogP contribution in [0.3, 0.4) is 0 Å². The normalized spacial score (nSPS) is 14.5. The third kappa shape index (κ3) is 3.83. The molecule has 4 heteroatoms. The summed E-state index contributed by atoms with van der Waals surface area (Å²) in [5.41, 5.74) is 3.83. The Labute approximate surface area is 137 Å². The van der Waals surface area contributed by atoms with E-state index in [2.05, 4.69) is 41.4 Å². The highest BCUT2D eigenvalue weighted by Crippen LogP contribution is 2.19. The average Bonchev–Trinajstić information content (AvgIpc) is 2.58. The summed E-state index contributed by atoms with van der Waals surface area (Å²) in [7, 11) is 0. The Bertz CT molecular complexity index is 697. The lowest BCUT2D eigenvalue weighted by Gasteiger charge is -2.31. The van der Waals surface area contributed by atoms with Crippen LogP contribution in [0, 0.1) is 0 Å². The van der Waals surface area contributed by atoms with Gasteiger partial charge < -0.3 is 15.3 Å². The Balaban J connectivity index is 1.75. The molecule has 4 nitrogen and oxygen atoms in total. The molecule has 0 amide bonds. The van der Waals surface area contributed by atoms with Crippen molar-refractivity contribution in [2.75, 3.05) is 13.1 Å². The van der Waals surface area contributed by atoms with Gasteiger partial charge in [0.05, 0.1) is 6.54 Å². The van der Waals surface area contributed by atoms with Crippen LogP contribution in [0.2, 0.25) is 0 Å². The topological polar surface area (TPSA) is 47.9 Å². The van der Waals surface area contributed by atoms with Crippen molar-refractivity contribution in [1.82, 2.24) is 10.2 Å². The van der Waals surface area contributed by atoms with E-state index in [0.29, 0.717) is 6.54 Å². The molecule has 23 heavy (non-hydrogen) atoms. The maximum Gasteiger partial charge on any atom is 0.194 e. The zero-order chi connectivity index (χ0) is 16.1. The summed E-state index contributed by atoms with van der Waals surface area (Å²) in [6.45, 7) is 5.36. The number of rotatable bonds is 3. The number of benzene rings is 2. The minimum absolute atomic E-state index is 0.287. The molecule has 3 rings (SSSR count). The van der Waals surface area contributed by atoms with Crippen molar-refractivity contribution in [3.63, 3.8) is 0 Å². The third-order valence-corrected chi connectivity index (χ3v) is 4.09. The number of phenols is 1. The van der Waals surface area contributed by atoms with E-state index in [1.54, 1.807) is 12.1 Å². The molecule has 0 saturated heterocycles. The number of nitrogens with one attached hydrogen (secondary N) is 1. The van der Waals surface area contributed by atoms with Gasteiger partial charge in [0.15, 0.2) is 5.96 Å². The first-order valence-corrected chi connectivity index (χ1v) is 8.14. The number of aromatic hydroxyl groups is 1. The lowest BCUT2D eigenvalue weighted by Crippen LogP contribution is -2.44. The fourth-order valence-electron chi connectivity index (χ4n) is 2.92. The first-order chi connectivity index (χ1) is 11.3. The highest BCUT2D eigenvalue weighted by Gasteiger charge is 2.18. The summed E-state index contributed by atoms with van der Waals surface area (Å²) in [5.74, 6) is 1.22. The Hall–Kier alpha value is -2.49. The molecule has 2 N–H and O–H groups in total. The molecular weight excluding hydrogens is 286 g/mol. The van der Waals surface area contributed by atoms with E-state index in [1.165, 1.54) is 11.1 Å². The van der Waals surface area contributed by atoms with Crippen molar-refractivity contribution in [2.24, 2.45) is 4.99 Å². The molecule has 2 aromatic rings. The first kappa shape index (κ1) is 15.4. The van der Waals surface area contributed by atoms with Gasteiger partial charge in [-0.25, -0.2) is 4.99 Å². The lowest BCUT2D eigenvalue weighted by atomic mass is 10.0. The zero-order valence-corrected chi connectivity index (χ0v) is 13.5. The quantitative estimate of drug-likeness (QED) is 0.677. The van der Waals surface area contributed by atoms with Gasteiger partial charge in [-0.05, 0) is 42.2 Å². The average molecular weight is 309 g/mol. The summed E-state index contributed by atoms with van der Waals surface area (Å²) in [5, 5.41) is 12.9. The van der Waals surface area contributed by atoms with Crippen molar-refractivity contribution >= 4 is 5.96 Å². The van der Waals surface area contributed by atoms with Crippen molar-refractivity contribution in [2.45, 2.75) is 26.4 Å². The van der Waals surface area contributed by atoms with E-state index in [0.717, 1.165) is 37.6 Å². The molecule has 2 aromatic carbocycles. The SMILES string of the molecule is CCNC(=NCc1cccc(O)c1)N1CCc2ccccc2C1. The third-order valence-electron chi connectivity index (χ3n) is 4.09. The molecule has 0 aliphatic carbocycles. The standard InChI is InChI=1S/C19H23N3O/c1-2-20-19(21-13-15-6-5-9-18(23)12-15)22-11-10-16-7-3-4-8-17(16)14-22/h3-9,12,23H,2,10-11,13-14H2,1H3,(H,20,21). The highest BCUT2D eigenvalue weighted by molar-refractivity contribution is 5.80. The summed E-state index contributed by atoms with van der Waals surface area (Å²) in [6.07, 6.45) is 1.05. The van der Waals surface area contributed by atoms with E-state index in [4.69, 9.17) is 4.99 Å². The Morgan fingerprint density at radius 1 is 1.17 bits per heavy atom. The van der Waals surface area contributed by atoms with E-state index in [-0.39, 0.29) is 5.75 Å². The van der Waals surface area contributed by atoms with Gasteiger partial charge in [-0.1, -0.05) is 36.4 Å². The van der Waals surface area contributed by atoms with E-state index in [9.17, 15) is 5.11 Å². The summed E-state index contributed by atoms with van der Waals surface area (Å²) >= 11 is 0. The molecule has 1 heterocycles. The number of nitrogens with zero attached hydrogens (tertiary/aromatic N) is 2. The van der Waals surface area contributed by atoms with Crippen LogP contribution >= 0.6 is 0 Å². The molecule has 0 aromatic heterocycles. The van der Waals surface area contributed by atoms with E-state index in [1.807, 2.05) is 12.1 Å². The van der Waals surface area contributed by atoms with Crippen LogP contribution in [-0.2, 0) is 19.5 Å². The number of phenolic OH excluding ortho intramolecular Hbond substituents is 1. The zero-order valence-electron chi connectivity index (χ0n) is 13.5. The maximum absolute atomic E-state index is 9.57. The van der Waals surface area contributed by atoms with Gasteiger partial charge in [-0.2, -0.15) is 0 Å². The number of aliphatic imine (C=N–C) groups is 1. The Kier molecular flexibility index (Phi) is 4.81. The Morgan fingerprint density at radius 2 is 2.00 bits per heavy atom. The number of hydrogen-bond donors (Lipinski definition) is 2. The van der Waals surface area contributed by atoms with Crippen molar-refractivity contribution in [1.29, 1.82) is 0 Å². The first-order valence-electron chi connectivity index (χ1n) is 8.14. The van der Waals surface area contributed by atoms with Gasteiger partial charge in [-0.3, -0.25) is 0 Å². The molecule has 120 valence electrons. The van der Waals surface area contributed by atoms with Crippen LogP contribution in [-0.4, -0.2) is 29.1 Å². The number of guanidine groups is 1. The lowest BCUT2D eigenvalue weighted by molar-refractivity contribution is 0.378. The predicted molar refractivity (Wildman–Crippen MR) is 93.5 cm³/mol. The molecular formula is C19H23N3O. The second-order valence-corrected chi connectivity index (χ2v) is 5.78. The van der Waals surface area contributed by atoms with Gasteiger partial charge in [0, 0.05) is 19.6 Å². The molecule has 0 fully saturated rings. The van der Waals surface area contributed by atoms with E-state index < -0.39 is 0 Å². The van der Waals surface area contributed by atoms with Crippen molar-refractivity contribution in [3.05, 3.63) is 65.2 Å². The van der Waals surface area contributed by atoms with Gasteiger partial charge >= 0.3 is 0 Å². The van der Waals surface area contributed by atoms with Crippen LogP contribution in [0.15, 0.2) is 53.5 Å². The maximum atomic E-state index is 9.57. The van der Waals surface area contributed by atoms with Gasteiger partial charge in [0.2, 0.25) is 0 Å². The van der Waals surface area contributed by atoms with Crippen molar-refractivity contribution in [3.8, 4) is 5.75 Å². The minimum atomic E-state index is 0.287.